The first-order valence-electron chi connectivity index (χ1n) is 5.77. The molecule has 3 rings (SSSR count). The van der Waals surface area contributed by atoms with Crippen LogP contribution in [0.15, 0.2) is 23.3 Å². The second-order valence-electron chi connectivity index (χ2n) is 4.35. The van der Waals surface area contributed by atoms with Gasteiger partial charge in [0.05, 0.1) is 24.3 Å². The third-order valence-electron chi connectivity index (χ3n) is 3.12. The molecule has 0 bridgehead atoms. The summed E-state index contributed by atoms with van der Waals surface area (Å²) in [5.41, 5.74) is 0.603. The molecule has 1 aliphatic rings. The molecule has 2 aromatic rings. The minimum atomic E-state index is 0.319. The average molecular weight is 244 g/mol. The molecule has 7 nitrogen and oxygen atoms in total. The van der Waals surface area contributed by atoms with Gasteiger partial charge in [-0.3, -0.25) is 9.58 Å². The molecule has 92 valence electrons. The fourth-order valence-electron chi connectivity index (χ4n) is 2.23. The van der Waals surface area contributed by atoms with Gasteiger partial charge in [-0.25, -0.2) is 0 Å². The van der Waals surface area contributed by atoms with Crippen LogP contribution in [0.5, 0.6) is 0 Å². The second kappa shape index (κ2) is 4.58. The number of aromatic nitrogens is 4. The van der Waals surface area contributed by atoms with Gasteiger partial charge in [-0.15, -0.1) is 0 Å². The minimum Gasteiger partial charge on any atom is -0.343 e. The Bertz CT molecular complexity index is 554. The molecular formula is C11H12N6O. The summed E-state index contributed by atoms with van der Waals surface area (Å²) in [7, 11) is 0. The molecule has 18 heavy (non-hydrogen) atoms. The van der Waals surface area contributed by atoms with Gasteiger partial charge < -0.3 is 4.52 Å². The fraction of sp³-hybridized carbons (Fsp3) is 0.455. The Labute approximate surface area is 104 Å². The van der Waals surface area contributed by atoms with Gasteiger partial charge in [0, 0.05) is 19.3 Å². The standard InChI is InChI=1S/C11H12N6O/c12-3-9-4-14-17(5-9)10-1-2-16(6-10)7-11-13-8-18-15-11/h4-5,8,10H,1-2,6-7H2. The van der Waals surface area contributed by atoms with Crippen LogP contribution in [-0.4, -0.2) is 37.9 Å². The Morgan fingerprint density at radius 3 is 3.22 bits per heavy atom. The third kappa shape index (κ3) is 2.10. The number of hydrogen-bond donors (Lipinski definition) is 0. The van der Waals surface area contributed by atoms with Gasteiger partial charge in [-0.2, -0.15) is 15.3 Å². The van der Waals surface area contributed by atoms with Gasteiger partial charge in [0.2, 0.25) is 6.39 Å². The lowest BCUT2D eigenvalue weighted by atomic mass is 10.3. The smallest absolute Gasteiger partial charge is 0.213 e. The molecule has 0 N–H and O–H groups in total. The normalized spacial score (nSPS) is 20.1. The van der Waals surface area contributed by atoms with Crippen molar-refractivity contribution in [3.8, 4) is 6.07 Å². The highest BCUT2D eigenvalue weighted by atomic mass is 16.5. The zero-order valence-corrected chi connectivity index (χ0v) is 9.73. The largest absolute Gasteiger partial charge is 0.343 e. The lowest BCUT2D eigenvalue weighted by Gasteiger charge is -2.13. The first kappa shape index (κ1) is 10.9. The predicted octanol–water partition coefficient (Wildman–Crippen LogP) is 0.585. The van der Waals surface area contributed by atoms with Gasteiger partial charge in [-0.1, -0.05) is 5.16 Å². The maximum absolute atomic E-state index is 8.78. The van der Waals surface area contributed by atoms with Gasteiger partial charge in [0.1, 0.15) is 6.07 Å². The Kier molecular flexibility index (Phi) is 2.78. The summed E-state index contributed by atoms with van der Waals surface area (Å²) >= 11 is 0. The van der Waals surface area contributed by atoms with Crippen LogP contribution in [0.1, 0.15) is 23.9 Å². The van der Waals surface area contributed by atoms with Crippen molar-refractivity contribution in [2.75, 3.05) is 13.1 Å². The molecule has 1 fully saturated rings. The Balaban J connectivity index is 1.63. The van der Waals surface area contributed by atoms with Gasteiger partial charge >= 0.3 is 0 Å². The summed E-state index contributed by atoms with van der Waals surface area (Å²) in [6.45, 7) is 2.56. The average Bonchev–Trinajstić information content (AvgIpc) is 3.09. The third-order valence-corrected chi connectivity index (χ3v) is 3.12. The van der Waals surface area contributed by atoms with E-state index in [1.54, 1.807) is 12.4 Å². The Morgan fingerprint density at radius 2 is 2.50 bits per heavy atom. The van der Waals surface area contributed by atoms with E-state index in [-0.39, 0.29) is 0 Å². The van der Waals surface area contributed by atoms with Crippen LogP contribution in [0.3, 0.4) is 0 Å². The van der Waals surface area contributed by atoms with Crippen LogP contribution in [0.2, 0.25) is 0 Å². The first-order valence-corrected chi connectivity index (χ1v) is 5.77. The molecule has 2 aromatic heterocycles. The lowest BCUT2D eigenvalue weighted by Crippen LogP contribution is -2.22. The zero-order valence-electron chi connectivity index (χ0n) is 9.73. The summed E-state index contributed by atoms with van der Waals surface area (Å²) in [6.07, 6.45) is 5.75. The van der Waals surface area contributed by atoms with Crippen LogP contribution >= 0.6 is 0 Å². The molecule has 1 unspecified atom stereocenters. The van der Waals surface area contributed by atoms with Crippen LogP contribution < -0.4 is 0 Å². The highest BCUT2D eigenvalue weighted by molar-refractivity contribution is 5.22. The molecule has 0 saturated carbocycles. The lowest BCUT2D eigenvalue weighted by molar-refractivity contribution is 0.296. The van der Waals surface area contributed by atoms with Crippen molar-refractivity contribution in [3.05, 3.63) is 30.2 Å². The van der Waals surface area contributed by atoms with E-state index in [0.717, 1.165) is 19.5 Å². The van der Waals surface area contributed by atoms with E-state index in [9.17, 15) is 0 Å². The molecular weight excluding hydrogens is 232 g/mol. The quantitative estimate of drug-likeness (QED) is 0.785. The van der Waals surface area contributed by atoms with Crippen molar-refractivity contribution in [3.63, 3.8) is 0 Å². The van der Waals surface area contributed by atoms with Gasteiger partial charge in [0.25, 0.3) is 0 Å². The van der Waals surface area contributed by atoms with Crippen LogP contribution in [0, 0.1) is 11.3 Å². The van der Waals surface area contributed by atoms with E-state index in [0.29, 0.717) is 24.0 Å². The molecule has 1 atom stereocenters. The molecule has 0 spiro atoms. The SMILES string of the molecule is N#Cc1cnn(C2CCN(Cc3ncon3)C2)c1. The highest BCUT2D eigenvalue weighted by Crippen LogP contribution is 2.22. The first-order chi connectivity index (χ1) is 8.85. The van der Waals surface area contributed by atoms with E-state index in [1.807, 2.05) is 4.68 Å². The van der Waals surface area contributed by atoms with Crippen molar-refractivity contribution < 1.29 is 4.52 Å². The number of rotatable bonds is 3. The molecule has 1 saturated heterocycles. The maximum atomic E-state index is 8.78. The van der Waals surface area contributed by atoms with E-state index in [1.165, 1.54) is 6.39 Å². The number of hydrogen-bond acceptors (Lipinski definition) is 6. The van der Waals surface area contributed by atoms with E-state index < -0.39 is 0 Å². The molecule has 0 amide bonds. The Morgan fingerprint density at radius 1 is 1.56 bits per heavy atom. The fourth-order valence-corrected chi connectivity index (χ4v) is 2.23. The summed E-state index contributed by atoms with van der Waals surface area (Å²) in [5, 5.41) is 16.8. The van der Waals surface area contributed by atoms with Crippen LogP contribution in [0.25, 0.3) is 0 Å². The Hall–Kier alpha value is -2.20. The van der Waals surface area contributed by atoms with Crippen LogP contribution in [-0.2, 0) is 6.54 Å². The number of likely N-dealkylation sites (tertiary alicyclic amines) is 1. The van der Waals surface area contributed by atoms with Crippen LogP contribution in [0.4, 0.5) is 0 Å². The van der Waals surface area contributed by atoms with Gasteiger partial charge in [-0.05, 0) is 6.42 Å². The summed E-state index contributed by atoms with van der Waals surface area (Å²) in [6, 6.07) is 2.41. The zero-order chi connectivity index (χ0) is 12.4. The molecule has 3 heterocycles. The van der Waals surface area contributed by atoms with E-state index in [2.05, 4.69) is 26.2 Å². The molecule has 1 aliphatic heterocycles. The van der Waals surface area contributed by atoms with Crippen molar-refractivity contribution in [2.45, 2.75) is 19.0 Å². The summed E-state index contributed by atoms with van der Waals surface area (Å²) < 4.78 is 6.58. The van der Waals surface area contributed by atoms with Crippen molar-refractivity contribution in [1.82, 2.24) is 24.8 Å². The summed E-state index contributed by atoms with van der Waals surface area (Å²) in [5.74, 6) is 0.703. The molecule has 7 heteroatoms. The predicted molar refractivity (Wildman–Crippen MR) is 60.2 cm³/mol. The minimum absolute atomic E-state index is 0.319. The monoisotopic (exact) mass is 244 g/mol. The topological polar surface area (TPSA) is 83.8 Å². The second-order valence-corrected chi connectivity index (χ2v) is 4.35. The number of nitriles is 1. The van der Waals surface area contributed by atoms with Crippen molar-refractivity contribution >= 4 is 0 Å². The van der Waals surface area contributed by atoms with Crippen molar-refractivity contribution in [1.29, 1.82) is 5.26 Å². The van der Waals surface area contributed by atoms with E-state index in [4.69, 9.17) is 9.78 Å². The van der Waals surface area contributed by atoms with Gasteiger partial charge in [0.15, 0.2) is 5.82 Å². The molecule has 0 aromatic carbocycles. The molecule has 0 aliphatic carbocycles. The highest BCUT2D eigenvalue weighted by Gasteiger charge is 2.25. The summed E-state index contributed by atoms with van der Waals surface area (Å²) in [4.78, 5) is 6.26. The van der Waals surface area contributed by atoms with E-state index >= 15 is 0 Å². The maximum Gasteiger partial charge on any atom is 0.213 e. The van der Waals surface area contributed by atoms with Crippen molar-refractivity contribution in [2.24, 2.45) is 0 Å². The number of nitrogens with zero attached hydrogens (tertiary/aromatic N) is 6. The molecule has 0 radical (unpaired) electrons.